The summed E-state index contributed by atoms with van der Waals surface area (Å²) in [7, 11) is 2.50. The lowest BCUT2D eigenvalue weighted by molar-refractivity contribution is -0.146. The van der Waals surface area contributed by atoms with Crippen LogP contribution >= 0.6 is 0 Å². The van der Waals surface area contributed by atoms with E-state index in [4.69, 9.17) is 0 Å². The number of hydrogen-bond acceptors (Lipinski definition) is 5. The van der Waals surface area contributed by atoms with E-state index in [0.29, 0.717) is 0 Å². The number of ether oxygens (including phenoxy) is 2. The Morgan fingerprint density at radius 3 is 2.60 bits per heavy atom. The van der Waals surface area contributed by atoms with Crippen molar-refractivity contribution in [3.05, 3.63) is 0 Å². The summed E-state index contributed by atoms with van der Waals surface area (Å²) in [6.45, 7) is 0. The Hall–Kier alpha value is -1.59. The molecule has 1 aliphatic heterocycles. The summed E-state index contributed by atoms with van der Waals surface area (Å²) in [6, 6.07) is -0.735. The summed E-state index contributed by atoms with van der Waals surface area (Å²) >= 11 is 0. The number of carbonyl (C=O) groups is 3. The first-order valence-electron chi connectivity index (χ1n) is 4.52. The average Bonchev–Trinajstić information content (AvgIpc) is 2.58. The van der Waals surface area contributed by atoms with Crippen LogP contribution in [0, 0.1) is 5.92 Å². The van der Waals surface area contributed by atoms with Crippen molar-refractivity contribution in [3.63, 3.8) is 0 Å². The third-order valence-corrected chi connectivity index (χ3v) is 2.35. The van der Waals surface area contributed by atoms with Crippen LogP contribution in [-0.2, 0) is 23.9 Å². The summed E-state index contributed by atoms with van der Waals surface area (Å²) in [6.07, 6.45) is 0.184. The highest BCUT2D eigenvalue weighted by atomic mass is 16.5. The molecule has 0 saturated carbocycles. The quantitative estimate of drug-likeness (QED) is 0.625. The first-order chi connectivity index (χ1) is 7.08. The predicted molar refractivity (Wildman–Crippen MR) is 48.7 cm³/mol. The molecule has 2 atom stereocenters. The highest BCUT2D eigenvalue weighted by molar-refractivity contribution is 5.89. The summed E-state index contributed by atoms with van der Waals surface area (Å²) < 4.78 is 9.00. The van der Waals surface area contributed by atoms with E-state index >= 15 is 0 Å². The Labute approximate surface area is 86.9 Å². The van der Waals surface area contributed by atoms with Gasteiger partial charge in [0.05, 0.1) is 20.6 Å². The topological polar surface area (TPSA) is 81.7 Å². The van der Waals surface area contributed by atoms with Crippen molar-refractivity contribution in [2.24, 2.45) is 5.92 Å². The van der Waals surface area contributed by atoms with Crippen LogP contribution in [0.15, 0.2) is 0 Å². The van der Waals surface area contributed by atoms with Crippen LogP contribution in [0.2, 0.25) is 0 Å². The molecule has 0 unspecified atom stereocenters. The Morgan fingerprint density at radius 1 is 1.40 bits per heavy atom. The molecule has 0 aromatic rings. The maximum absolute atomic E-state index is 11.3. The SMILES string of the molecule is COC(=O)C[C@H]1CC(=O)N[C@@H]1C(=O)OC. The molecule has 0 bridgehead atoms. The van der Waals surface area contributed by atoms with Crippen LogP contribution in [0.5, 0.6) is 0 Å². The highest BCUT2D eigenvalue weighted by Gasteiger charge is 2.39. The van der Waals surface area contributed by atoms with Crippen molar-refractivity contribution in [1.29, 1.82) is 0 Å². The molecule has 0 aromatic carbocycles. The van der Waals surface area contributed by atoms with Gasteiger partial charge in [0.2, 0.25) is 5.91 Å². The lowest BCUT2D eigenvalue weighted by Gasteiger charge is -2.14. The molecule has 0 spiro atoms. The van der Waals surface area contributed by atoms with Gasteiger partial charge < -0.3 is 14.8 Å². The zero-order valence-corrected chi connectivity index (χ0v) is 8.61. The summed E-state index contributed by atoms with van der Waals surface area (Å²) in [4.78, 5) is 33.4. The zero-order valence-electron chi connectivity index (χ0n) is 8.61. The molecule has 84 valence electrons. The van der Waals surface area contributed by atoms with Crippen molar-refractivity contribution >= 4 is 17.8 Å². The average molecular weight is 215 g/mol. The van der Waals surface area contributed by atoms with Gasteiger partial charge in [-0.3, -0.25) is 9.59 Å². The van der Waals surface area contributed by atoms with E-state index in [1.165, 1.54) is 14.2 Å². The number of methoxy groups -OCH3 is 2. The van der Waals surface area contributed by atoms with Gasteiger partial charge in [-0.15, -0.1) is 0 Å². The molecule has 6 heteroatoms. The smallest absolute Gasteiger partial charge is 0.328 e. The van der Waals surface area contributed by atoms with Gasteiger partial charge in [-0.05, 0) is 0 Å². The van der Waals surface area contributed by atoms with Crippen LogP contribution in [0.3, 0.4) is 0 Å². The highest BCUT2D eigenvalue weighted by Crippen LogP contribution is 2.21. The van der Waals surface area contributed by atoms with Crippen molar-refractivity contribution in [2.45, 2.75) is 18.9 Å². The Bertz CT molecular complexity index is 288. The lowest BCUT2D eigenvalue weighted by atomic mass is 9.97. The van der Waals surface area contributed by atoms with Gasteiger partial charge >= 0.3 is 11.9 Å². The molecular weight excluding hydrogens is 202 g/mol. The Balaban J connectivity index is 2.64. The van der Waals surface area contributed by atoms with E-state index in [1.807, 2.05) is 0 Å². The lowest BCUT2D eigenvalue weighted by Crippen LogP contribution is -2.38. The molecule has 1 amide bonds. The maximum atomic E-state index is 11.3. The van der Waals surface area contributed by atoms with Crippen molar-refractivity contribution in [2.75, 3.05) is 14.2 Å². The van der Waals surface area contributed by atoms with Gasteiger partial charge in [0.25, 0.3) is 0 Å². The fraction of sp³-hybridized carbons (Fsp3) is 0.667. The molecule has 0 radical (unpaired) electrons. The van der Waals surface area contributed by atoms with Gasteiger partial charge in [0, 0.05) is 12.3 Å². The molecule has 0 aromatic heterocycles. The monoisotopic (exact) mass is 215 g/mol. The second kappa shape index (κ2) is 4.77. The second-order valence-electron chi connectivity index (χ2n) is 3.31. The molecule has 6 nitrogen and oxygen atoms in total. The minimum absolute atomic E-state index is 0.0367. The fourth-order valence-corrected chi connectivity index (χ4v) is 1.57. The summed E-state index contributed by atoms with van der Waals surface area (Å²) in [5.74, 6) is -1.60. The molecule has 1 rings (SSSR count). The van der Waals surface area contributed by atoms with E-state index in [0.717, 1.165) is 0 Å². The summed E-state index contributed by atoms with van der Waals surface area (Å²) in [5, 5.41) is 2.46. The minimum Gasteiger partial charge on any atom is -0.469 e. The van der Waals surface area contributed by atoms with Crippen LogP contribution in [-0.4, -0.2) is 38.1 Å². The Morgan fingerprint density at radius 2 is 2.07 bits per heavy atom. The van der Waals surface area contributed by atoms with Crippen LogP contribution in [0.4, 0.5) is 0 Å². The Kier molecular flexibility index (Phi) is 3.65. The van der Waals surface area contributed by atoms with Gasteiger partial charge in [-0.1, -0.05) is 0 Å². The fourth-order valence-electron chi connectivity index (χ4n) is 1.57. The van der Waals surface area contributed by atoms with E-state index in [-0.39, 0.29) is 24.7 Å². The second-order valence-corrected chi connectivity index (χ2v) is 3.31. The minimum atomic E-state index is -0.735. The number of rotatable bonds is 3. The third-order valence-electron chi connectivity index (χ3n) is 2.35. The van der Waals surface area contributed by atoms with Crippen molar-refractivity contribution < 1.29 is 23.9 Å². The molecule has 1 aliphatic rings. The standard InChI is InChI=1S/C9H13NO5/c1-14-7(12)4-5-3-6(11)10-8(5)9(13)15-2/h5,8H,3-4H2,1-2H3,(H,10,11)/t5-,8+/m1/s1. The van der Waals surface area contributed by atoms with Crippen LogP contribution < -0.4 is 5.32 Å². The number of hydrogen-bond donors (Lipinski definition) is 1. The van der Waals surface area contributed by atoms with E-state index < -0.39 is 18.0 Å². The zero-order chi connectivity index (χ0) is 11.4. The van der Waals surface area contributed by atoms with Gasteiger partial charge in [0.15, 0.2) is 0 Å². The van der Waals surface area contributed by atoms with E-state index in [1.54, 1.807) is 0 Å². The maximum Gasteiger partial charge on any atom is 0.328 e. The molecule has 1 N–H and O–H groups in total. The largest absolute Gasteiger partial charge is 0.469 e. The predicted octanol–water partition coefficient (Wildman–Crippen LogP) is -0.773. The molecule has 15 heavy (non-hydrogen) atoms. The summed E-state index contributed by atoms with van der Waals surface area (Å²) in [5.41, 5.74) is 0. The van der Waals surface area contributed by atoms with Crippen molar-refractivity contribution in [3.8, 4) is 0 Å². The van der Waals surface area contributed by atoms with Gasteiger partial charge in [-0.25, -0.2) is 4.79 Å². The van der Waals surface area contributed by atoms with E-state index in [2.05, 4.69) is 14.8 Å². The molecule has 1 heterocycles. The van der Waals surface area contributed by atoms with Crippen molar-refractivity contribution in [1.82, 2.24) is 5.32 Å². The normalized spacial score (nSPS) is 24.5. The third kappa shape index (κ3) is 2.68. The molecule has 1 fully saturated rings. The molecule has 0 aliphatic carbocycles. The molecule has 1 saturated heterocycles. The number of amides is 1. The first kappa shape index (κ1) is 11.5. The first-order valence-corrected chi connectivity index (χ1v) is 4.52. The van der Waals surface area contributed by atoms with Crippen LogP contribution in [0.1, 0.15) is 12.8 Å². The number of nitrogens with one attached hydrogen (secondary N) is 1. The van der Waals surface area contributed by atoms with E-state index in [9.17, 15) is 14.4 Å². The number of carbonyl (C=O) groups excluding carboxylic acids is 3. The van der Waals surface area contributed by atoms with Gasteiger partial charge in [-0.2, -0.15) is 0 Å². The van der Waals surface area contributed by atoms with Crippen LogP contribution in [0.25, 0.3) is 0 Å². The number of esters is 2. The van der Waals surface area contributed by atoms with Gasteiger partial charge in [0.1, 0.15) is 6.04 Å². The molecular formula is C9H13NO5.